The molecule has 1 aromatic heterocycles. The molecule has 2 heterocycles. The number of hydrogen-bond acceptors (Lipinski definition) is 6. The predicted octanol–water partition coefficient (Wildman–Crippen LogP) is 4.65. The zero-order valence-electron chi connectivity index (χ0n) is 18.1. The summed E-state index contributed by atoms with van der Waals surface area (Å²) in [6.45, 7) is 1.35. The summed E-state index contributed by atoms with van der Waals surface area (Å²) in [5, 5.41) is 3.58. The molecule has 5 rings (SSSR count). The van der Waals surface area contributed by atoms with Crippen molar-refractivity contribution in [1.29, 1.82) is 0 Å². The van der Waals surface area contributed by atoms with Crippen molar-refractivity contribution >= 4 is 17.5 Å². The molecule has 2 aromatic carbocycles. The molecule has 170 valence electrons. The zero-order valence-corrected chi connectivity index (χ0v) is 18.1. The third-order valence-electron chi connectivity index (χ3n) is 6.08. The van der Waals surface area contributed by atoms with Crippen molar-refractivity contribution in [3.8, 4) is 5.75 Å². The van der Waals surface area contributed by atoms with E-state index in [1.807, 2.05) is 17.0 Å². The second-order valence-corrected chi connectivity index (χ2v) is 8.33. The molecule has 33 heavy (non-hydrogen) atoms. The zero-order chi connectivity index (χ0) is 23.0. The van der Waals surface area contributed by atoms with Gasteiger partial charge in [-0.15, -0.1) is 0 Å². The maximum atomic E-state index is 13.7. The van der Waals surface area contributed by atoms with Gasteiger partial charge in [0.1, 0.15) is 29.7 Å². The third-order valence-corrected chi connectivity index (χ3v) is 6.08. The summed E-state index contributed by atoms with van der Waals surface area (Å²) in [7, 11) is 1.36. The number of rotatable bonds is 6. The van der Waals surface area contributed by atoms with Gasteiger partial charge in [-0.25, -0.2) is 18.6 Å². The Bertz CT molecular complexity index is 1180. The van der Waals surface area contributed by atoms with E-state index >= 15 is 0 Å². The molecule has 0 radical (unpaired) electrons. The van der Waals surface area contributed by atoms with Crippen LogP contribution in [0.4, 0.5) is 20.3 Å². The summed E-state index contributed by atoms with van der Waals surface area (Å²) in [5.74, 6) is -0.253. The molecule has 0 unspecified atom stereocenters. The van der Waals surface area contributed by atoms with Gasteiger partial charge in [0.05, 0.1) is 24.8 Å². The number of nitrogens with one attached hydrogen (secondary N) is 1. The second kappa shape index (κ2) is 8.35. The SMILES string of the molecule is COC(=O)c1ccc(C2(Nc3nccc4c3N(Cc3cc(F)cc(F)c3)CCO4)CC2)cc1. The van der Waals surface area contributed by atoms with Crippen LogP contribution in [0.3, 0.4) is 0 Å². The van der Waals surface area contributed by atoms with Crippen LogP contribution in [0.5, 0.6) is 5.75 Å². The highest BCUT2D eigenvalue weighted by Crippen LogP contribution is 2.50. The number of esters is 1. The summed E-state index contributed by atoms with van der Waals surface area (Å²) >= 11 is 0. The molecule has 0 amide bonds. The lowest BCUT2D eigenvalue weighted by Crippen LogP contribution is -2.34. The van der Waals surface area contributed by atoms with Crippen LogP contribution in [0, 0.1) is 11.6 Å². The fourth-order valence-electron chi connectivity index (χ4n) is 4.29. The number of carbonyl (C=O) groups excluding carboxylic acids is 1. The Balaban J connectivity index is 1.44. The van der Waals surface area contributed by atoms with E-state index in [4.69, 9.17) is 9.47 Å². The minimum atomic E-state index is -0.602. The molecular weight excluding hydrogens is 428 g/mol. The number of aromatic nitrogens is 1. The Kier molecular flexibility index (Phi) is 5.36. The first-order valence-corrected chi connectivity index (χ1v) is 10.8. The lowest BCUT2D eigenvalue weighted by atomic mass is 10.0. The van der Waals surface area contributed by atoms with Crippen molar-refractivity contribution in [3.05, 3.63) is 83.1 Å². The van der Waals surface area contributed by atoms with Crippen LogP contribution in [-0.4, -0.2) is 31.2 Å². The molecular formula is C25H23F2N3O3. The van der Waals surface area contributed by atoms with Crippen molar-refractivity contribution in [2.75, 3.05) is 30.5 Å². The van der Waals surface area contributed by atoms with Gasteiger partial charge in [-0.2, -0.15) is 0 Å². The molecule has 1 N–H and O–H groups in total. The lowest BCUT2D eigenvalue weighted by molar-refractivity contribution is 0.0600. The number of anilines is 2. The first-order chi connectivity index (χ1) is 16.0. The smallest absolute Gasteiger partial charge is 0.337 e. The van der Waals surface area contributed by atoms with E-state index in [9.17, 15) is 13.6 Å². The quantitative estimate of drug-likeness (QED) is 0.551. The standard InChI is InChI=1S/C25H23F2N3O3/c1-32-24(31)17-2-4-18(5-3-17)25(7-8-25)29-23-22-21(6-9-28-23)33-11-10-30(22)15-16-12-19(26)14-20(27)13-16/h2-6,9,12-14H,7-8,10-11,15H2,1H3,(H,28,29). The number of carbonyl (C=O) groups is 1. The Hall–Kier alpha value is -3.68. The molecule has 1 aliphatic carbocycles. The molecule has 8 heteroatoms. The molecule has 0 spiro atoms. The van der Waals surface area contributed by atoms with Crippen LogP contribution in [0.1, 0.15) is 34.3 Å². The number of hydrogen-bond donors (Lipinski definition) is 1. The minimum Gasteiger partial charge on any atom is -0.489 e. The Morgan fingerprint density at radius 1 is 1.15 bits per heavy atom. The van der Waals surface area contributed by atoms with E-state index in [-0.39, 0.29) is 11.5 Å². The molecule has 0 atom stereocenters. The first kappa shape index (κ1) is 21.2. The van der Waals surface area contributed by atoms with Gasteiger partial charge in [0.2, 0.25) is 0 Å². The van der Waals surface area contributed by atoms with Gasteiger partial charge in [0.25, 0.3) is 0 Å². The van der Waals surface area contributed by atoms with Crippen LogP contribution in [0.15, 0.2) is 54.7 Å². The van der Waals surface area contributed by atoms with E-state index in [2.05, 4.69) is 10.3 Å². The molecule has 0 bridgehead atoms. The van der Waals surface area contributed by atoms with E-state index < -0.39 is 11.6 Å². The highest BCUT2D eigenvalue weighted by molar-refractivity contribution is 5.89. The number of fused-ring (bicyclic) bond motifs is 1. The normalized spacial score (nSPS) is 15.9. The van der Waals surface area contributed by atoms with Crippen molar-refractivity contribution < 1.29 is 23.0 Å². The number of benzene rings is 2. The molecule has 3 aromatic rings. The maximum Gasteiger partial charge on any atom is 0.337 e. The van der Waals surface area contributed by atoms with Crippen molar-refractivity contribution in [1.82, 2.24) is 4.98 Å². The molecule has 1 fully saturated rings. The molecule has 1 saturated carbocycles. The largest absolute Gasteiger partial charge is 0.489 e. The second-order valence-electron chi connectivity index (χ2n) is 8.33. The average Bonchev–Trinajstić information content (AvgIpc) is 3.59. The Morgan fingerprint density at radius 3 is 2.55 bits per heavy atom. The highest BCUT2D eigenvalue weighted by atomic mass is 19.1. The summed E-state index contributed by atoms with van der Waals surface area (Å²) in [6, 6.07) is 12.7. The van der Waals surface area contributed by atoms with Crippen molar-refractivity contribution in [3.63, 3.8) is 0 Å². The third kappa shape index (κ3) is 4.20. The van der Waals surface area contributed by atoms with Gasteiger partial charge in [-0.1, -0.05) is 12.1 Å². The molecule has 6 nitrogen and oxygen atoms in total. The van der Waals surface area contributed by atoms with Gasteiger partial charge in [0, 0.05) is 24.9 Å². The van der Waals surface area contributed by atoms with E-state index in [1.54, 1.807) is 24.4 Å². The van der Waals surface area contributed by atoms with Crippen molar-refractivity contribution in [2.45, 2.75) is 24.9 Å². The van der Waals surface area contributed by atoms with Crippen LogP contribution in [0.2, 0.25) is 0 Å². The van der Waals surface area contributed by atoms with Crippen LogP contribution in [-0.2, 0) is 16.8 Å². The van der Waals surface area contributed by atoms with Gasteiger partial charge in [0.15, 0.2) is 5.82 Å². The van der Waals surface area contributed by atoms with Gasteiger partial charge in [-0.05, 0) is 48.2 Å². The summed E-state index contributed by atoms with van der Waals surface area (Å²) < 4.78 is 38.1. The number of ether oxygens (including phenoxy) is 2. The van der Waals surface area contributed by atoms with E-state index in [0.29, 0.717) is 42.4 Å². The average molecular weight is 451 g/mol. The van der Waals surface area contributed by atoms with Gasteiger partial charge in [-0.3, -0.25) is 0 Å². The fraction of sp³-hybridized carbons (Fsp3) is 0.280. The van der Waals surface area contributed by atoms with Crippen LogP contribution < -0.4 is 15.0 Å². The highest BCUT2D eigenvalue weighted by Gasteiger charge is 2.45. The van der Waals surface area contributed by atoms with Crippen molar-refractivity contribution in [2.24, 2.45) is 0 Å². The topological polar surface area (TPSA) is 63.7 Å². The maximum absolute atomic E-state index is 13.7. The number of methoxy groups -OCH3 is 1. The predicted molar refractivity (Wildman–Crippen MR) is 119 cm³/mol. The molecule has 1 aliphatic heterocycles. The minimum absolute atomic E-state index is 0.301. The number of pyridine rings is 1. The van der Waals surface area contributed by atoms with Crippen LogP contribution >= 0.6 is 0 Å². The monoisotopic (exact) mass is 451 g/mol. The lowest BCUT2D eigenvalue weighted by Gasteiger charge is -2.33. The number of nitrogens with zero attached hydrogens (tertiary/aromatic N) is 2. The molecule has 0 saturated heterocycles. The van der Waals surface area contributed by atoms with Crippen LogP contribution in [0.25, 0.3) is 0 Å². The fourth-order valence-corrected chi connectivity index (χ4v) is 4.29. The first-order valence-electron chi connectivity index (χ1n) is 10.8. The summed E-state index contributed by atoms with van der Waals surface area (Å²) in [4.78, 5) is 18.4. The Morgan fingerprint density at radius 2 is 1.88 bits per heavy atom. The molecule has 2 aliphatic rings. The van der Waals surface area contributed by atoms with Gasteiger partial charge < -0.3 is 19.7 Å². The summed E-state index contributed by atoms with van der Waals surface area (Å²) in [5.41, 5.74) is 2.55. The van der Waals surface area contributed by atoms with E-state index in [1.165, 1.54) is 19.2 Å². The van der Waals surface area contributed by atoms with E-state index in [0.717, 1.165) is 30.2 Å². The summed E-state index contributed by atoms with van der Waals surface area (Å²) in [6.07, 6.45) is 3.50. The Labute approximate surface area is 190 Å². The number of halogens is 2. The van der Waals surface area contributed by atoms with Gasteiger partial charge >= 0.3 is 5.97 Å².